The van der Waals surface area contributed by atoms with Crippen LogP contribution in [0.5, 0.6) is 0 Å². The molecule has 1 atom stereocenters. The Morgan fingerprint density at radius 1 is 1.18 bits per heavy atom. The topological polar surface area (TPSA) is 127 Å². The number of carbonyl (C=O) groups excluding carboxylic acids is 3. The summed E-state index contributed by atoms with van der Waals surface area (Å²) in [6, 6.07) is 10.1. The lowest BCUT2D eigenvalue weighted by Gasteiger charge is -2.16. The van der Waals surface area contributed by atoms with Crippen LogP contribution in [0.25, 0.3) is 0 Å². The van der Waals surface area contributed by atoms with E-state index in [1.807, 2.05) is 0 Å². The quantitative estimate of drug-likeness (QED) is 0.780. The summed E-state index contributed by atoms with van der Waals surface area (Å²) in [4.78, 5) is 36.2. The van der Waals surface area contributed by atoms with Crippen LogP contribution in [-0.2, 0) is 14.8 Å². The maximum absolute atomic E-state index is 12.5. The summed E-state index contributed by atoms with van der Waals surface area (Å²) in [6.07, 6.45) is 0. The highest BCUT2D eigenvalue weighted by molar-refractivity contribution is 7.94. The Kier molecular flexibility index (Phi) is 5.14. The average molecular weight is 422 g/mol. The standard InChI is InChI=1S/C18H16ClN3O5S/c1-10-9-28(26,27)22(18(10)25)11-6-7-12(14(19)8-11)17(24)21-15-5-3-2-4-13(15)16(20)23/h2-8,10H,9H2,1H3,(H2,20,23)(H,21,24)/t10-/m0/s1. The van der Waals surface area contributed by atoms with Crippen LogP contribution >= 0.6 is 11.6 Å². The number of para-hydroxylation sites is 1. The molecule has 10 heteroatoms. The summed E-state index contributed by atoms with van der Waals surface area (Å²) in [5.74, 6) is -2.81. The van der Waals surface area contributed by atoms with Gasteiger partial charge in [0.05, 0.1) is 39.2 Å². The lowest BCUT2D eigenvalue weighted by Crippen LogP contribution is -2.30. The molecule has 1 saturated heterocycles. The van der Waals surface area contributed by atoms with Crippen molar-refractivity contribution in [1.82, 2.24) is 0 Å². The molecule has 0 aliphatic carbocycles. The predicted molar refractivity (Wildman–Crippen MR) is 105 cm³/mol. The van der Waals surface area contributed by atoms with E-state index in [-0.39, 0.29) is 33.3 Å². The van der Waals surface area contributed by atoms with E-state index in [0.717, 1.165) is 0 Å². The third-order valence-electron chi connectivity index (χ3n) is 4.23. The summed E-state index contributed by atoms with van der Waals surface area (Å²) >= 11 is 6.16. The highest BCUT2D eigenvalue weighted by Crippen LogP contribution is 2.31. The zero-order valence-corrected chi connectivity index (χ0v) is 16.3. The van der Waals surface area contributed by atoms with Gasteiger partial charge in [0.15, 0.2) is 0 Å². The molecule has 3 rings (SSSR count). The smallest absolute Gasteiger partial charge is 0.257 e. The molecule has 3 amide bonds. The van der Waals surface area contributed by atoms with E-state index in [1.165, 1.54) is 37.3 Å². The average Bonchev–Trinajstić information content (AvgIpc) is 2.82. The van der Waals surface area contributed by atoms with Gasteiger partial charge in [-0.25, -0.2) is 12.7 Å². The molecule has 0 spiro atoms. The molecule has 0 aromatic heterocycles. The second-order valence-corrected chi connectivity index (χ2v) is 8.58. The Labute approximate surface area is 166 Å². The summed E-state index contributed by atoms with van der Waals surface area (Å²) in [5.41, 5.74) is 5.74. The summed E-state index contributed by atoms with van der Waals surface area (Å²) in [5, 5.41) is 2.50. The van der Waals surface area contributed by atoms with Crippen molar-refractivity contribution in [2.24, 2.45) is 11.7 Å². The Morgan fingerprint density at radius 3 is 2.43 bits per heavy atom. The van der Waals surface area contributed by atoms with Gasteiger partial charge in [0.2, 0.25) is 15.9 Å². The molecule has 0 unspecified atom stereocenters. The summed E-state index contributed by atoms with van der Waals surface area (Å²) in [7, 11) is -3.78. The molecule has 146 valence electrons. The number of anilines is 2. The van der Waals surface area contributed by atoms with Crippen LogP contribution in [0.3, 0.4) is 0 Å². The largest absolute Gasteiger partial charge is 0.366 e. The Morgan fingerprint density at radius 2 is 1.86 bits per heavy atom. The van der Waals surface area contributed by atoms with E-state index in [4.69, 9.17) is 17.3 Å². The van der Waals surface area contributed by atoms with Crippen molar-refractivity contribution in [2.75, 3.05) is 15.4 Å². The molecule has 1 aliphatic rings. The number of hydrogen-bond donors (Lipinski definition) is 2. The van der Waals surface area contributed by atoms with Crippen molar-refractivity contribution in [3.05, 3.63) is 58.6 Å². The van der Waals surface area contributed by atoms with Crippen molar-refractivity contribution < 1.29 is 22.8 Å². The van der Waals surface area contributed by atoms with Gasteiger partial charge in [-0.3, -0.25) is 14.4 Å². The van der Waals surface area contributed by atoms with Crippen LogP contribution in [-0.4, -0.2) is 31.9 Å². The first-order valence-corrected chi connectivity index (χ1v) is 10.2. The third-order valence-corrected chi connectivity index (χ3v) is 6.41. The van der Waals surface area contributed by atoms with Gasteiger partial charge in [0.1, 0.15) is 0 Å². The van der Waals surface area contributed by atoms with Gasteiger partial charge in [-0.05, 0) is 30.3 Å². The molecule has 2 aromatic carbocycles. The van der Waals surface area contributed by atoms with Crippen molar-refractivity contribution in [1.29, 1.82) is 0 Å². The molecule has 1 heterocycles. The van der Waals surface area contributed by atoms with Gasteiger partial charge in [0.25, 0.3) is 11.8 Å². The fraction of sp³-hybridized carbons (Fsp3) is 0.167. The van der Waals surface area contributed by atoms with Crippen molar-refractivity contribution >= 4 is 50.7 Å². The van der Waals surface area contributed by atoms with Gasteiger partial charge >= 0.3 is 0 Å². The molecular weight excluding hydrogens is 406 g/mol. The third kappa shape index (κ3) is 3.58. The van der Waals surface area contributed by atoms with Gasteiger partial charge < -0.3 is 11.1 Å². The minimum absolute atomic E-state index is 0.0433. The fourth-order valence-electron chi connectivity index (χ4n) is 2.90. The van der Waals surface area contributed by atoms with E-state index in [9.17, 15) is 22.8 Å². The van der Waals surface area contributed by atoms with E-state index in [2.05, 4.69) is 5.32 Å². The molecule has 1 fully saturated rings. The van der Waals surface area contributed by atoms with Crippen molar-refractivity contribution in [3.63, 3.8) is 0 Å². The number of nitrogens with two attached hydrogens (primary N) is 1. The Bertz CT molecular complexity index is 1100. The molecule has 2 aromatic rings. The van der Waals surface area contributed by atoms with Gasteiger partial charge in [-0.15, -0.1) is 0 Å². The second kappa shape index (κ2) is 7.25. The maximum Gasteiger partial charge on any atom is 0.257 e. The first-order valence-electron chi connectivity index (χ1n) is 8.18. The first kappa shape index (κ1) is 19.8. The summed E-state index contributed by atoms with van der Waals surface area (Å²) in [6.45, 7) is 1.53. The monoisotopic (exact) mass is 421 g/mol. The van der Waals surface area contributed by atoms with Gasteiger partial charge in [-0.1, -0.05) is 30.7 Å². The number of halogens is 1. The van der Waals surface area contributed by atoms with E-state index in [0.29, 0.717) is 4.31 Å². The number of benzene rings is 2. The minimum atomic E-state index is -3.78. The van der Waals surface area contributed by atoms with Crippen molar-refractivity contribution in [2.45, 2.75) is 6.92 Å². The van der Waals surface area contributed by atoms with Crippen LogP contribution in [0.1, 0.15) is 27.6 Å². The lowest BCUT2D eigenvalue weighted by molar-refractivity contribution is -0.119. The molecule has 0 radical (unpaired) electrons. The fourth-order valence-corrected chi connectivity index (χ4v) is 4.97. The Hall–Kier alpha value is -2.91. The zero-order valence-electron chi connectivity index (χ0n) is 14.7. The van der Waals surface area contributed by atoms with Crippen LogP contribution < -0.4 is 15.4 Å². The number of rotatable bonds is 4. The molecule has 0 bridgehead atoms. The molecule has 1 aliphatic heterocycles. The molecular formula is C18H16ClN3O5S. The molecule has 0 saturated carbocycles. The first-order chi connectivity index (χ1) is 13.1. The normalized spacial score (nSPS) is 18.1. The van der Waals surface area contributed by atoms with Crippen LogP contribution in [0.4, 0.5) is 11.4 Å². The van der Waals surface area contributed by atoms with E-state index in [1.54, 1.807) is 12.1 Å². The number of amides is 3. The number of primary amides is 1. The zero-order chi connectivity index (χ0) is 20.6. The van der Waals surface area contributed by atoms with Gasteiger partial charge in [0, 0.05) is 0 Å². The number of nitrogens with zero attached hydrogens (tertiary/aromatic N) is 1. The highest BCUT2D eigenvalue weighted by atomic mass is 35.5. The minimum Gasteiger partial charge on any atom is -0.366 e. The van der Waals surface area contributed by atoms with E-state index < -0.39 is 33.7 Å². The predicted octanol–water partition coefficient (Wildman–Crippen LogP) is 2.00. The van der Waals surface area contributed by atoms with Gasteiger partial charge in [-0.2, -0.15) is 0 Å². The van der Waals surface area contributed by atoms with Crippen LogP contribution in [0, 0.1) is 5.92 Å². The van der Waals surface area contributed by atoms with Crippen LogP contribution in [0.2, 0.25) is 5.02 Å². The number of hydrogen-bond acceptors (Lipinski definition) is 5. The number of sulfonamides is 1. The number of nitrogens with one attached hydrogen (secondary N) is 1. The SMILES string of the molecule is C[C@H]1CS(=O)(=O)N(c2ccc(C(=O)Nc3ccccc3C(N)=O)c(Cl)c2)C1=O. The van der Waals surface area contributed by atoms with E-state index >= 15 is 0 Å². The number of carbonyl (C=O) groups is 3. The maximum atomic E-state index is 12.5. The Balaban J connectivity index is 1.90. The van der Waals surface area contributed by atoms with Crippen molar-refractivity contribution in [3.8, 4) is 0 Å². The lowest BCUT2D eigenvalue weighted by atomic mass is 10.1. The molecule has 8 nitrogen and oxygen atoms in total. The van der Waals surface area contributed by atoms with Crippen LogP contribution in [0.15, 0.2) is 42.5 Å². The second-order valence-electron chi connectivity index (χ2n) is 6.31. The molecule has 28 heavy (non-hydrogen) atoms. The highest BCUT2D eigenvalue weighted by Gasteiger charge is 2.42. The summed E-state index contributed by atoms with van der Waals surface area (Å²) < 4.78 is 25.1. The molecule has 3 N–H and O–H groups in total.